The Labute approximate surface area is 109 Å². The van der Waals surface area contributed by atoms with Crippen LogP contribution in [0, 0.1) is 0 Å². The summed E-state index contributed by atoms with van der Waals surface area (Å²) in [5.74, 6) is -0.572. The average molecular weight is 256 g/mol. The van der Waals surface area contributed by atoms with E-state index in [0.717, 1.165) is 10.9 Å². The number of hydrogen-bond donors (Lipinski definition) is 2. The maximum atomic E-state index is 11.8. The molecule has 19 heavy (non-hydrogen) atoms. The Morgan fingerprint density at radius 2 is 2.16 bits per heavy atom. The zero-order valence-corrected chi connectivity index (χ0v) is 10.1. The third-order valence-corrected chi connectivity index (χ3v) is 3.27. The zero-order valence-electron chi connectivity index (χ0n) is 10.1. The van der Waals surface area contributed by atoms with Crippen LogP contribution < -0.4 is 11.1 Å². The number of carbonyl (C=O) groups excluding carboxylic acids is 2. The fraction of sp³-hybridized carbons (Fsp3) is 0.231. The highest BCUT2D eigenvalue weighted by Gasteiger charge is 2.27. The molecule has 1 fully saturated rings. The van der Waals surface area contributed by atoms with Crippen LogP contribution in [0.5, 0.6) is 0 Å². The molecule has 0 radical (unpaired) electrons. The van der Waals surface area contributed by atoms with Crippen molar-refractivity contribution in [2.24, 2.45) is 0 Å². The van der Waals surface area contributed by atoms with Gasteiger partial charge in [-0.2, -0.15) is 0 Å². The van der Waals surface area contributed by atoms with Crippen LogP contribution in [0.25, 0.3) is 10.9 Å². The number of hydrogen-bond acceptors (Lipinski definition) is 5. The molecule has 1 aromatic carbocycles. The van der Waals surface area contributed by atoms with Crippen molar-refractivity contribution in [3.63, 3.8) is 0 Å². The SMILES string of the molecule is Nc1ncc2ccc(C3CCC(=O)NC3=O)cc2n1. The van der Waals surface area contributed by atoms with Gasteiger partial charge in [0.05, 0.1) is 11.4 Å². The second kappa shape index (κ2) is 4.31. The molecule has 2 amide bonds. The Bertz CT molecular complexity index is 683. The monoisotopic (exact) mass is 256 g/mol. The van der Waals surface area contributed by atoms with E-state index < -0.39 is 0 Å². The number of carbonyl (C=O) groups is 2. The van der Waals surface area contributed by atoms with E-state index in [2.05, 4.69) is 15.3 Å². The highest BCUT2D eigenvalue weighted by atomic mass is 16.2. The number of nitrogens with zero attached hydrogens (tertiary/aromatic N) is 2. The summed E-state index contributed by atoms with van der Waals surface area (Å²) in [5, 5.41) is 3.22. The molecule has 1 aliphatic rings. The summed E-state index contributed by atoms with van der Waals surface area (Å²) in [6.07, 6.45) is 2.53. The number of rotatable bonds is 1. The molecule has 1 saturated heterocycles. The smallest absolute Gasteiger partial charge is 0.234 e. The van der Waals surface area contributed by atoms with Gasteiger partial charge in [-0.05, 0) is 18.1 Å². The van der Waals surface area contributed by atoms with Crippen molar-refractivity contribution in [2.45, 2.75) is 18.8 Å². The Hall–Kier alpha value is -2.50. The number of benzene rings is 1. The van der Waals surface area contributed by atoms with Gasteiger partial charge in [-0.25, -0.2) is 9.97 Å². The van der Waals surface area contributed by atoms with E-state index in [-0.39, 0.29) is 23.7 Å². The highest BCUT2D eigenvalue weighted by Crippen LogP contribution is 2.27. The van der Waals surface area contributed by atoms with Crippen LogP contribution in [0.1, 0.15) is 24.3 Å². The molecular weight excluding hydrogens is 244 g/mol. The number of amides is 2. The quantitative estimate of drug-likeness (QED) is 0.733. The normalized spacial score (nSPS) is 19.5. The lowest BCUT2D eigenvalue weighted by Gasteiger charge is -2.21. The summed E-state index contributed by atoms with van der Waals surface area (Å²) in [6.45, 7) is 0. The van der Waals surface area contributed by atoms with E-state index in [1.807, 2.05) is 18.2 Å². The maximum absolute atomic E-state index is 11.8. The lowest BCUT2D eigenvalue weighted by molar-refractivity contribution is -0.134. The van der Waals surface area contributed by atoms with E-state index in [4.69, 9.17) is 5.73 Å². The first kappa shape index (κ1) is 11.6. The Morgan fingerprint density at radius 3 is 2.95 bits per heavy atom. The third-order valence-electron chi connectivity index (χ3n) is 3.27. The number of nitrogens with two attached hydrogens (primary N) is 1. The number of imide groups is 1. The second-order valence-electron chi connectivity index (χ2n) is 4.55. The molecule has 6 nitrogen and oxygen atoms in total. The lowest BCUT2D eigenvalue weighted by atomic mass is 9.90. The van der Waals surface area contributed by atoms with E-state index in [9.17, 15) is 9.59 Å². The predicted molar refractivity (Wildman–Crippen MR) is 69.1 cm³/mol. The maximum Gasteiger partial charge on any atom is 0.234 e. The van der Waals surface area contributed by atoms with Gasteiger partial charge < -0.3 is 5.73 Å². The first-order valence-corrected chi connectivity index (χ1v) is 5.99. The fourth-order valence-electron chi connectivity index (χ4n) is 2.28. The molecule has 0 aliphatic carbocycles. The van der Waals surface area contributed by atoms with Gasteiger partial charge in [0.25, 0.3) is 0 Å². The number of fused-ring (bicyclic) bond motifs is 1. The molecule has 6 heteroatoms. The molecule has 2 heterocycles. The van der Waals surface area contributed by atoms with Gasteiger partial charge in [0.2, 0.25) is 17.8 Å². The number of piperidine rings is 1. The summed E-state index contributed by atoms with van der Waals surface area (Å²) in [7, 11) is 0. The Kier molecular flexibility index (Phi) is 2.63. The van der Waals surface area contributed by atoms with Crippen molar-refractivity contribution in [1.82, 2.24) is 15.3 Å². The first-order chi connectivity index (χ1) is 9.13. The summed E-state index contributed by atoms with van der Waals surface area (Å²) >= 11 is 0. The van der Waals surface area contributed by atoms with Crippen molar-refractivity contribution < 1.29 is 9.59 Å². The van der Waals surface area contributed by atoms with Crippen LogP contribution in [-0.2, 0) is 9.59 Å². The van der Waals surface area contributed by atoms with Crippen molar-refractivity contribution in [1.29, 1.82) is 0 Å². The van der Waals surface area contributed by atoms with Crippen LogP contribution in [0.4, 0.5) is 5.95 Å². The van der Waals surface area contributed by atoms with Crippen LogP contribution in [0.2, 0.25) is 0 Å². The lowest BCUT2D eigenvalue weighted by Crippen LogP contribution is -2.39. The van der Waals surface area contributed by atoms with Gasteiger partial charge in [-0.15, -0.1) is 0 Å². The minimum atomic E-state index is -0.307. The summed E-state index contributed by atoms with van der Waals surface area (Å²) in [4.78, 5) is 31.0. The van der Waals surface area contributed by atoms with Crippen molar-refractivity contribution in [3.05, 3.63) is 30.0 Å². The van der Waals surface area contributed by atoms with Crippen molar-refractivity contribution in [2.75, 3.05) is 5.73 Å². The molecule has 1 aliphatic heterocycles. The van der Waals surface area contributed by atoms with E-state index in [0.29, 0.717) is 18.4 Å². The van der Waals surface area contributed by atoms with Gasteiger partial charge in [-0.3, -0.25) is 14.9 Å². The van der Waals surface area contributed by atoms with Crippen molar-refractivity contribution >= 4 is 28.7 Å². The zero-order chi connectivity index (χ0) is 13.4. The molecular formula is C13H12N4O2. The Balaban J connectivity index is 2.01. The molecule has 1 atom stereocenters. The molecule has 1 unspecified atom stereocenters. The topological polar surface area (TPSA) is 98.0 Å². The van der Waals surface area contributed by atoms with Crippen LogP contribution >= 0.6 is 0 Å². The molecule has 1 aromatic heterocycles. The van der Waals surface area contributed by atoms with Gasteiger partial charge in [-0.1, -0.05) is 12.1 Å². The number of aromatic nitrogens is 2. The molecule has 0 spiro atoms. The number of nitrogen functional groups attached to an aromatic ring is 1. The molecule has 3 N–H and O–H groups in total. The standard InChI is InChI=1S/C13H12N4O2/c14-13-15-6-8-2-1-7(5-10(8)16-13)9-3-4-11(18)17-12(9)19/h1-2,5-6,9H,3-4H2,(H2,14,15,16)(H,17,18,19). The summed E-state index contributed by atoms with van der Waals surface area (Å²) in [6, 6.07) is 5.54. The van der Waals surface area contributed by atoms with Gasteiger partial charge in [0.1, 0.15) is 0 Å². The minimum absolute atomic E-state index is 0.202. The second-order valence-corrected chi connectivity index (χ2v) is 4.55. The van der Waals surface area contributed by atoms with E-state index >= 15 is 0 Å². The van der Waals surface area contributed by atoms with Crippen LogP contribution in [0.15, 0.2) is 24.4 Å². The predicted octanol–water partition coefficient (Wildman–Crippen LogP) is 0.732. The Morgan fingerprint density at radius 1 is 1.32 bits per heavy atom. The number of anilines is 1. The van der Waals surface area contributed by atoms with Crippen LogP contribution in [-0.4, -0.2) is 21.8 Å². The summed E-state index contributed by atoms with van der Waals surface area (Å²) in [5.41, 5.74) is 7.10. The minimum Gasteiger partial charge on any atom is -0.368 e. The highest BCUT2D eigenvalue weighted by molar-refractivity contribution is 6.01. The molecule has 3 rings (SSSR count). The van der Waals surface area contributed by atoms with Gasteiger partial charge in [0.15, 0.2) is 0 Å². The first-order valence-electron chi connectivity index (χ1n) is 5.99. The summed E-state index contributed by atoms with van der Waals surface area (Å²) < 4.78 is 0. The van der Waals surface area contributed by atoms with Crippen molar-refractivity contribution in [3.8, 4) is 0 Å². The molecule has 2 aromatic rings. The molecule has 0 saturated carbocycles. The fourth-order valence-corrected chi connectivity index (χ4v) is 2.28. The van der Waals surface area contributed by atoms with Gasteiger partial charge in [0, 0.05) is 18.0 Å². The van der Waals surface area contributed by atoms with E-state index in [1.165, 1.54) is 0 Å². The largest absolute Gasteiger partial charge is 0.368 e. The van der Waals surface area contributed by atoms with Gasteiger partial charge >= 0.3 is 0 Å². The van der Waals surface area contributed by atoms with Crippen LogP contribution in [0.3, 0.4) is 0 Å². The average Bonchev–Trinajstić information content (AvgIpc) is 2.38. The molecule has 0 bridgehead atoms. The van der Waals surface area contributed by atoms with E-state index in [1.54, 1.807) is 6.20 Å². The third kappa shape index (κ3) is 2.12. The number of nitrogens with one attached hydrogen (secondary N) is 1. The molecule has 96 valence electrons.